The highest BCUT2D eigenvalue weighted by molar-refractivity contribution is 5.27. The van der Waals surface area contributed by atoms with Crippen molar-refractivity contribution in [1.82, 2.24) is 20.4 Å². The number of halogens is 3. The highest BCUT2D eigenvalue weighted by Crippen LogP contribution is 2.36. The summed E-state index contributed by atoms with van der Waals surface area (Å²) in [6, 6.07) is -0.484. The van der Waals surface area contributed by atoms with E-state index in [-0.39, 0.29) is 18.5 Å². The first-order valence-corrected chi connectivity index (χ1v) is 8.18. The minimum absolute atomic E-state index is 0.227. The van der Waals surface area contributed by atoms with Gasteiger partial charge < -0.3 is 11.1 Å². The average Bonchev–Trinajstić information content (AvgIpc) is 3.13. The Morgan fingerprint density at radius 2 is 2.08 bits per heavy atom. The molecule has 0 bridgehead atoms. The van der Waals surface area contributed by atoms with Gasteiger partial charge in [0, 0.05) is 61.7 Å². The molecule has 1 aromatic heterocycles. The number of allylic oxidation sites excluding steroid dienone is 3. The summed E-state index contributed by atoms with van der Waals surface area (Å²) in [5, 5.41) is 10.3. The molecular weight excluding hydrogens is 319 g/mol. The Labute approximate surface area is 137 Å². The van der Waals surface area contributed by atoms with Crippen LogP contribution in [0.5, 0.6) is 0 Å². The van der Waals surface area contributed by atoms with Gasteiger partial charge in [0.2, 0.25) is 0 Å². The van der Waals surface area contributed by atoms with Crippen molar-refractivity contribution in [2.24, 2.45) is 11.7 Å². The maximum atomic E-state index is 14.1. The van der Waals surface area contributed by atoms with Crippen molar-refractivity contribution in [1.29, 1.82) is 0 Å². The van der Waals surface area contributed by atoms with E-state index in [1.165, 1.54) is 5.56 Å². The molecule has 3 aliphatic rings. The van der Waals surface area contributed by atoms with Crippen LogP contribution in [0.3, 0.4) is 0 Å². The molecule has 24 heavy (non-hydrogen) atoms. The molecule has 4 rings (SSSR count). The van der Waals surface area contributed by atoms with E-state index in [9.17, 15) is 13.2 Å². The molecule has 5 nitrogen and oxygen atoms in total. The normalized spacial score (nSPS) is 34.4. The third kappa shape index (κ3) is 2.68. The largest absolute Gasteiger partial charge is 0.326 e. The number of hydrogen-bond acceptors (Lipinski definition) is 4. The molecule has 4 atom stereocenters. The quantitative estimate of drug-likeness (QED) is 0.769. The van der Waals surface area contributed by atoms with Crippen LogP contribution in [0.15, 0.2) is 29.8 Å². The van der Waals surface area contributed by atoms with Gasteiger partial charge in [0.1, 0.15) is 11.7 Å². The highest BCUT2D eigenvalue weighted by atomic mass is 19.2. The third-order valence-electron chi connectivity index (χ3n) is 5.36. The number of aromatic amines is 1. The summed E-state index contributed by atoms with van der Waals surface area (Å²) in [7, 11) is 0. The van der Waals surface area contributed by atoms with Gasteiger partial charge in [-0.15, -0.1) is 0 Å². The lowest BCUT2D eigenvalue weighted by Gasteiger charge is -2.42. The molecule has 0 amide bonds. The van der Waals surface area contributed by atoms with Gasteiger partial charge in [-0.1, -0.05) is 0 Å². The van der Waals surface area contributed by atoms with Crippen LogP contribution < -0.4 is 11.1 Å². The van der Waals surface area contributed by atoms with E-state index in [0.717, 1.165) is 18.8 Å². The smallest absolute Gasteiger partial charge is 0.157 e. The van der Waals surface area contributed by atoms with Gasteiger partial charge in [-0.05, 0) is 6.42 Å². The van der Waals surface area contributed by atoms with Crippen LogP contribution in [0, 0.1) is 5.92 Å². The molecule has 3 unspecified atom stereocenters. The molecule has 3 heterocycles. The predicted octanol–water partition coefficient (Wildman–Crippen LogP) is 1.81. The van der Waals surface area contributed by atoms with Crippen LogP contribution >= 0.6 is 0 Å². The second-order valence-corrected chi connectivity index (χ2v) is 6.86. The summed E-state index contributed by atoms with van der Waals surface area (Å²) < 4.78 is 40.7. The number of fused-ring (bicyclic) bond motifs is 1. The fourth-order valence-electron chi connectivity index (χ4n) is 4.03. The molecule has 1 saturated heterocycles. The summed E-state index contributed by atoms with van der Waals surface area (Å²) >= 11 is 0. The van der Waals surface area contributed by atoms with Crippen LogP contribution in [0.1, 0.15) is 24.1 Å². The maximum absolute atomic E-state index is 14.1. The van der Waals surface area contributed by atoms with Gasteiger partial charge in [0.15, 0.2) is 5.83 Å². The summed E-state index contributed by atoms with van der Waals surface area (Å²) in [6.45, 7) is 2.25. The molecule has 130 valence electrons. The fourth-order valence-corrected chi connectivity index (χ4v) is 4.03. The number of H-pyrrole nitrogens is 1. The first-order valence-electron chi connectivity index (χ1n) is 8.18. The van der Waals surface area contributed by atoms with Crippen LogP contribution in [0.2, 0.25) is 0 Å². The molecular formula is C16H20F3N5. The van der Waals surface area contributed by atoms with E-state index < -0.39 is 29.4 Å². The van der Waals surface area contributed by atoms with Gasteiger partial charge in [-0.3, -0.25) is 10.00 Å². The standard InChI is InChI=1S/C16H20F3N5/c17-11-3-13(19)12(18)2-10(11)16-14(20)1-9(5-21-16)24-6-8-4-22-23-15(8)7-24/h3-4,9-10,14,16,21H,1-2,5-7,20H2,(H,22,23)/t9?,10?,14?,16-/m1/s1. The Morgan fingerprint density at radius 1 is 1.25 bits per heavy atom. The molecule has 0 aromatic carbocycles. The van der Waals surface area contributed by atoms with E-state index in [1.807, 2.05) is 6.20 Å². The second-order valence-electron chi connectivity index (χ2n) is 6.86. The van der Waals surface area contributed by atoms with Crippen molar-refractivity contribution < 1.29 is 13.2 Å². The average molecular weight is 339 g/mol. The van der Waals surface area contributed by atoms with E-state index in [4.69, 9.17) is 5.73 Å². The fraction of sp³-hybridized carbons (Fsp3) is 0.562. The Balaban J connectivity index is 1.41. The second kappa shape index (κ2) is 6.02. The first kappa shape index (κ1) is 15.9. The zero-order chi connectivity index (χ0) is 16.8. The lowest BCUT2D eigenvalue weighted by molar-refractivity contribution is 0.121. The number of nitrogens with zero attached hydrogens (tertiary/aromatic N) is 2. The van der Waals surface area contributed by atoms with E-state index in [2.05, 4.69) is 20.4 Å². The maximum Gasteiger partial charge on any atom is 0.157 e. The van der Waals surface area contributed by atoms with Crippen molar-refractivity contribution in [3.8, 4) is 0 Å². The Hall–Kier alpha value is -1.64. The molecule has 1 fully saturated rings. The molecule has 8 heteroatoms. The van der Waals surface area contributed by atoms with Crippen molar-refractivity contribution >= 4 is 0 Å². The minimum Gasteiger partial charge on any atom is -0.326 e. The number of nitrogens with two attached hydrogens (primary N) is 1. The van der Waals surface area contributed by atoms with Crippen molar-refractivity contribution in [2.75, 3.05) is 6.54 Å². The predicted molar refractivity (Wildman–Crippen MR) is 82.5 cm³/mol. The molecule has 1 aromatic rings. The van der Waals surface area contributed by atoms with Crippen molar-refractivity contribution in [3.63, 3.8) is 0 Å². The first-order chi connectivity index (χ1) is 11.5. The lowest BCUT2D eigenvalue weighted by Crippen LogP contribution is -2.60. The van der Waals surface area contributed by atoms with Crippen molar-refractivity contribution in [2.45, 2.75) is 44.1 Å². The highest BCUT2D eigenvalue weighted by Gasteiger charge is 2.40. The lowest BCUT2D eigenvalue weighted by atomic mass is 9.82. The van der Waals surface area contributed by atoms with E-state index in [1.54, 1.807) is 0 Å². The molecule has 0 radical (unpaired) electrons. The van der Waals surface area contributed by atoms with Gasteiger partial charge in [0.05, 0.1) is 11.9 Å². The van der Waals surface area contributed by atoms with Crippen LogP contribution in [-0.2, 0) is 13.1 Å². The zero-order valence-corrected chi connectivity index (χ0v) is 13.1. The van der Waals surface area contributed by atoms with Gasteiger partial charge in [-0.25, -0.2) is 13.2 Å². The molecule has 4 N–H and O–H groups in total. The van der Waals surface area contributed by atoms with E-state index >= 15 is 0 Å². The monoisotopic (exact) mass is 339 g/mol. The van der Waals surface area contributed by atoms with Crippen LogP contribution in [-0.4, -0.2) is 39.8 Å². The van der Waals surface area contributed by atoms with Crippen LogP contribution in [0.25, 0.3) is 0 Å². The van der Waals surface area contributed by atoms with Crippen LogP contribution in [0.4, 0.5) is 13.2 Å². The number of piperidine rings is 1. The summed E-state index contributed by atoms with van der Waals surface area (Å²) in [5.41, 5.74) is 8.56. The van der Waals surface area contributed by atoms with Gasteiger partial charge >= 0.3 is 0 Å². The summed E-state index contributed by atoms with van der Waals surface area (Å²) in [4.78, 5) is 2.30. The zero-order valence-electron chi connectivity index (χ0n) is 13.1. The minimum atomic E-state index is -1.11. The summed E-state index contributed by atoms with van der Waals surface area (Å²) in [6.07, 6.45) is 2.89. The number of nitrogens with one attached hydrogen (secondary N) is 2. The van der Waals surface area contributed by atoms with Gasteiger partial charge in [-0.2, -0.15) is 5.10 Å². The van der Waals surface area contributed by atoms with E-state index in [0.29, 0.717) is 19.0 Å². The Kier molecular flexibility index (Phi) is 3.98. The molecule has 1 aliphatic carbocycles. The Morgan fingerprint density at radius 3 is 2.83 bits per heavy atom. The summed E-state index contributed by atoms with van der Waals surface area (Å²) in [5.74, 6) is -3.39. The number of rotatable bonds is 2. The van der Waals surface area contributed by atoms with Crippen molar-refractivity contribution in [3.05, 3.63) is 41.0 Å². The number of aromatic nitrogens is 2. The third-order valence-corrected chi connectivity index (χ3v) is 5.36. The van der Waals surface area contributed by atoms with Gasteiger partial charge in [0.25, 0.3) is 0 Å². The topological polar surface area (TPSA) is 70.0 Å². The Bertz CT molecular complexity index is 677. The SMILES string of the molecule is NC1CC(N2Cc3cn[nH]c3C2)CN[C@@H]1C1CC(F)=C(F)C=C1F. The molecule has 0 saturated carbocycles. The number of hydrogen-bond donors (Lipinski definition) is 3. The molecule has 0 spiro atoms. The molecule has 2 aliphatic heterocycles.